The smallest absolute Gasteiger partial charge is 0.216 e. The number of rotatable bonds is 2. The molecule has 0 radical (unpaired) electrons. The summed E-state index contributed by atoms with van der Waals surface area (Å²) in [6, 6.07) is 40.6. The van der Waals surface area contributed by atoms with Crippen molar-refractivity contribution in [2.24, 2.45) is 7.05 Å². The van der Waals surface area contributed by atoms with Crippen molar-refractivity contribution in [1.29, 1.82) is 5.26 Å². The number of nitrogens with zero attached hydrogens (tertiary/aromatic N) is 2. The third-order valence-corrected chi connectivity index (χ3v) is 8.48. The fourth-order valence-corrected chi connectivity index (χ4v) is 6.55. The number of fused-ring (bicyclic) bond motifs is 9. The van der Waals surface area contributed by atoms with Crippen LogP contribution in [0.1, 0.15) is 11.1 Å². The third-order valence-electron chi connectivity index (χ3n) is 8.48. The van der Waals surface area contributed by atoms with E-state index in [1.165, 1.54) is 32.3 Å². The van der Waals surface area contributed by atoms with Crippen LogP contribution in [0.25, 0.3) is 76.6 Å². The van der Waals surface area contributed by atoms with Crippen LogP contribution in [-0.2, 0) is 7.05 Å². The molecule has 0 unspecified atom stereocenters. The van der Waals surface area contributed by atoms with Gasteiger partial charge in [-0.3, -0.25) is 0 Å². The maximum absolute atomic E-state index is 10.3. The van der Waals surface area contributed by atoms with Crippen LogP contribution in [-0.4, -0.2) is 0 Å². The van der Waals surface area contributed by atoms with E-state index in [9.17, 15) is 5.26 Å². The van der Waals surface area contributed by atoms with Gasteiger partial charge in [0.2, 0.25) is 5.69 Å². The lowest BCUT2D eigenvalue weighted by atomic mass is 9.90. The molecule has 0 N–H and O–H groups in total. The standard InChI is InChI=1S/C38H25N2O/c1-23-14-17-31-32-19-16-25(22-39)36(38(32)41-37(31)35(23)34-13-7-8-20-40(34)2)24-15-18-30-28-11-4-3-9-26(28)27-10-5-6-12-29(27)33(30)21-24/h3-21H,1-2H3/q+1. The highest BCUT2D eigenvalue weighted by atomic mass is 16.3. The van der Waals surface area contributed by atoms with Crippen molar-refractivity contribution in [2.75, 3.05) is 0 Å². The highest BCUT2D eigenvalue weighted by Crippen LogP contribution is 2.43. The molecule has 3 nitrogen and oxygen atoms in total. The predicted molar refractivity (Wildman–Crippen MR) is 168 cm³/mol. The Balaban J connectivity index is 1.48. The minimum Gasteiger partial charge on any atom is -0.454 e. The van der Waals surface area contributed by atoms with Crippen LogP contribution in [0.4, 0.5) is 0 Å². The van der Waals surface area contributed by atoms with Gasteiger partial charge in [-0.05, 0) is 74.6 Å². The number of nitriles is 1. The SMILES string of the molecule is Cc1ccc2c(oc3c(-c4ccc5c6ccccc6c6ccccc6c5c4)c(C#N)ccc32)c1-c1cccc[n+]1C. The molecular weight excluding hydrogens is 500 g/mol. The van der Waals surface area contributed by atoms with Crippen LogP contribution in [0.2, 0.25) is 0 Å². The molecule has 0 fully saturated rings. The minimum atomic E-state index is 0.601. The summed E-state index contributed by atoms with van der Waals surface area (Å²) in [6.45, 7) is 2.12. The van der Waals surface area contributed by atoms with Gasteiger partial charge >= 0.3 is 0 Å². The molecule has 0 saturated carbocycles. The highest BCUT2D eigenvalue weighted by molar-refractivity contribution is 6.26. The quantitative estimate of drug-likeness (QED) is 0.167. The first-order valence-electron chi connectivity index (χ1n) is 13.8. The van der Waals surface area contributed by atoms with Crippen LogP contribution in [0, 0.1) is 18.3 Å². The molecule has 6 aromatic carbocycles. The average molecular weight is 526 g/mol. The molecule has 3 heteroatoms. The second-order valence-electron chi connectivity index (χ2n) is 10.8. The molecule has 0 amide bonds. The van der Waals surface area contributed by atoms with E-state index in [1.807, 2.05) is 18.2 Å². The van der Waals surface area contributed by atoms with Crippen molar-refractivity contribution in [3.8, 4) is 28.5 Å². The van der Waals surface area contributed by atoms with Gasteiger partial charge in [0.1, 0.15) is 18.2 Å². The summed E-state index contributed by atoms with van der Waals surface area (Å²) >= 11 is 0. The molecule has 8 aromatic rings. The number of pyridine rings is 1. The highest BCUT2D eigenvalue weighted by Gasteiger charge is 2.23. The number of furan rings is 1. The largest absolute Gasteiger partial charge is 0.454 e. The van der Waals surface area contributed by atoms with E-state index in [-0.39, 0.29) is 0 Å². The third kappa shape index (κ3) is 3.35. The Hall–Kier alpha value is -5.46. The number of benzene rings is 6. The Morgan fingerprint density at radius 3 is 1.80 bits per heavy atom. The van der Waals surface area contributed by atoms with E-state index < -0.39 is 0 Å². The molecule has 0 aliphatic carbocycles. The first kappa shape index (κ1) is 23.4. The first-order valence-corrected chi connectivity index (χ1v) is 13.8. The Kier molecular flexibility index (Phi) is 5.01. The van der Waals surface area contributed by atoms with Crippen LogP contribution in [0.5, 0.6) is 0 Å². The lowest BCUT2D eigenvalue weighted by Gasteiger charge is -2.12. The first-order chi connectivity index (χ1) is 20.1. The van der Waals surface area contributed by atoms with E-state index in [1.54, 1.807) is 0 Å². The number of hydrogen-bond acceptors (Lipinski definition) is 2. The molecule has 0 saturated heterocycles. The summed E-state index contributed by atoms with van der Waals surface area (Å²) in [6.07, 6.45) is 2.05. The summed E-state index contributed by atoms with van der Waals surface area (Å²) in [5.74, 6) is 0. The van der Waals surface area contributed by atoms with Gasteiger partial charge in [-0.1, -0.05) is 72.8 Å². The van der Waals surface area contributed by atoms with E-state index in [2.05, 4.69) is 122 Å². The van der Waals surface area contributed by atoms with Gasteiger partial charge < -0.3 is 4.42 Å². The maximum atomic E-state index is 10.3. The minimum absolute atomic E-state index is 0.601. The Morgan fingerprint density at radius 1 is 0.585 bits per heavy atom. The Morgan fingerprint density at radius 2 is 1.15 bits per heavy atom. The molecule has 2 heterocycles. The molecule has 0 bridgehead atoms. The van der Waals surface area contributed by atoms with Gasteiger partial charge in [-0.2, -0.15) is 5.26 Å². The fourth-order valence-electron chi connectivity index (χ4n) is 6.55. The molecule has 41 heavy (non-hydrogen) atoms. The molecule has 0 aliphatic heterocycles. The Bertz CT molecular complexity index is 2370. The zero-order valence-electron chi connectivity index (χ0n) is 22.8. The van der Waals surface area contributed by atoms with E-state index in [0.29, 0.717) is 5.56 Å². The number of aromatic nitrogens is 1. The fraction of sp³-hybridized carbons (Fsp3) is 0.0526. The van der Waals surface area contributed by atoms with E-state index >= 15 is 0 Å². The summed E-state index contributed by atoms with van der Waals surface area (Å²) in [5, 5.41) is 19.6. The van der Waals surface area contributed by atoms with Crippen LogP contribution in [0.15, 0.2) is 120 Å². The van der Waals surface area contributed by atoms with Gasteiger partial charge in [-0.25, -0.2) is 4.57 Å². The van der Waals surface area contributed by atoms with Crippen molar-refractivity contribution in [2.45, 2.75) is 6.92 Å². The second kappa shape index (κ2) is 8.78. The van der Waals surface area contributed by atoms with E-state index in [0.717, 1.165) is 49.9 Å². The molecule has 0 spiro atoms. The lowest BCUT2D eigenvalue weighted by molar-refractivity contribution is -0.660. The van der Waals surface area contributed by atoms with Gasteiger partial charge in [0.25, 0.3) is 0 Å². The summed E-state index contributed by atoms with van der Waals surface area (Å²) in [7, 11) is 2.05. The molecule has 2 aromatic heterocycles. The number of hydrogen-bond donors (Lipinski definition) is 0. The number of aryl methyl sites for hydroxylation is 2. The molecule has 0 aliphatic rings. The summed E-state index contributed by atoms with van der Waals surface area (Å²) < 4.78 is 8.93. The molecule has 8 rings (SSSR count). The average Bonchev–Trinajstić information content (AvgIpc) is 3.39. The van der Waals surface area contributed by atoms with Crippen LogP contribution >= 0.6 is 0 Å². The van der Waals surface area contributed by atoms with Crippen molar-refractivity contribution in [3.05, 3.63) is 127 Å². The molecule has 192 valence electrons. The zero-order chi connectivity index (χ0) is 27.7. The van der Waals surface area contributed by atoms with Crippen LogP contribution in [0.3, 0.4) is 0 Å². The van der Waals surface area contributed by atoms with Gasteiger partial charge in [0.15, 0.2) is 6.20 Å². The van der Waals surface area contributed by atoms with Crippen molar-refractivity contribution >= 4 is 54.3 Å². The van der Waals surface area contributed by atoms with Crippen molar-refractivity contribution in [3.63, 3.8) is 0 Å². The van der Waals surface area contributed by atoms with Gasteiger partial charge in [0.05, 0.1) is 17.2 Å². The van der Waals surface area contributed by atoms with E-state index in [4.69, 9.17) is 4.42 Å². The predicted octanol–water partition coefficient (Wildman–Crippen LogP) is 9.38. The monoisotopic (exact) mass is 525 g/mol. The molecule has 0 atom stereocenters. The maximum Gasteiger partial charge on any atom is 0.216 e. The van der Waals surface area contributed by atoms with Crippen LogP contribution < -0.4 is 4.57 Å². The normalized spacial score (nSPS) is 11.6. The lowest BCUT2D eigenvalue weighted by Crippen LogP contribution is -2.30. The van der Waals surface area contributed by atoms with Crippen molar-refractivity contribution in [1.82, 2.24) is 0 Å². The topological polar surface area (TPSA) is 40.8 Å². The molecular formula is C38H25N2O+. The van der Waals surface area contributed by atoms with Gasteiger partial charge in [-0.15, -0.1) is 0 Å². The van der Waals surface area contributed by atoms with Gasteiger partial charge in [0, 0.05) is 28.5 Å². The summed E-state index contributed by atoms with van der Waals surface area (Å²) in [4.78, 5) is 0. The second-order valence-corrected chi connectivity index (χ2v) is 10.8. The summed E-state index contributed by atoms with van der Waals surface area (Å²) in [5.41, 5.74) is 7.30. The Labute approximate surface area is 237 Å². The zero-order valence-corrected chi connectivity index (χ0v) is 22.8. The van der Waals surface area contributed by atoms with Crippen molar-refractivity contribution < 1.29 is 8.98 Å².